The fourth-order valence-corrected chi connectivity index (χ4v) is 1.25. The first-order valence-corrected chi connectivity index (χ1v) is 5.80. The number of hydrogen-bond donors (Lipinski definition) is 0. The highest BCUT2D eigenvalue weighted by atomic mass is 16.7. The lowest BCUT2D eigenvalue weighted by atomic mass is 9.85. The van der Waals surface area contributed by atoms with Crippen LogP contribution in [0.4, 0.5) is 4.79 Å². The normalized spacial score (nSPS) is 10.6. The molecule has 0 unspecified atom stereocenters. The highest BCUT2D eigenvalue weighted by Crippen LogP contribution is 2.22. The van der Waals surface area contributed by atoms with Gasteiger partial charge in [-0.3, -0.25) is 9.59 Å². The highest BCUT2D eigenvalue weighted by Gasteiger charge is 2.38. The van der Waals surface area contributed by atoms with Crippen LogP contribution in [-0.2, 0) is 19.1 Å². The molecule has 0 aromatic rings. The van der Waals surface area contributed by atoms with Crippen molar-refractivity contribution in [3.05, 3.63) is 12.7 Å². The summed E-state index contributed by atoms with van der Waals surface area (Å²) in [5, 5.41) is 0. The summed E-state index contributed by atoms with van der Waals surface area (Å²) in [6, 6.07) is 0. The van der Waals surface area contributed by atoms with Crippen molar-refractivity contribution < 1.29 is 23.9 Å². The van der Waals surface area contributed by atoms with E-state index in [9.17, 15) is 14.4 Å². The van der Waals surface area contributed by atoms with Crippen molar-refractivity contribution in [1.29, 1.82) is 0 Å². The van der Waals surface area contributed by atoms with E-state index in [1.165, 1.54) is 13.8 Å². The average molecular weight is 256 g/mol. The second-order valence-electron chi connectivity index (χ2n) is 4.43. The van der Waals surface area contributed by atoms with Crippen molar-refractivity contribution in [3.8, 4) is 0 Å². The molecule has 0 aliphatic carbocycles. The van der Waals surface area contributed by atoms with Crippen molar-refractivity contribution in [1.82, 2.24) is 0 Å². The number of rotatable bonds is 7. The summed E-state index contributed by atoms with van der Waals surface area (Å²) in [6.07, 6.45) is 3.31. The molecule has 0 N–H and O–H groups in total. The third kappa shape index (κ3) is 5.12. The predicted octanol–water partition coefficient (Wildman–Crippen LogP) is 2.64. The van der Waals surface area contributed by atoms with Crippen molar-refractivity contribution in [3.63, 3.8) is 0 Å². The molecule has 0 amide bonds. The molecule has 0 rings (SSSR count). The van der Waals surface area contributed by atoms with Gasteiger partial charge in [-0.1, -0.05) is 6.08 Å². The lowest BCUT2D eigenvalue weighted by molar-refractivity contribution is -0.154. The number of ether oxygens (including phenoxy) is 2. The van der Waals surface area contributed by atoms with Crippen molar-refractivity contribution in [2.75, 3.05) is 7.11 Å². The summed E-state index contributed by atoms with van der Waals surface area (Å²) in [5.41, 5.74) is -1.33. The molecule has 0 aliphatic rings. The Kier molecular flexibility index (Phi) is 6.93. The fraction of sp³-hybridized carbons (Fsp3) is 0.615. The minimum atomic E-state index is -1.33. The van der Waals surface area contributed by atoms with Crippen LogP contribution >= 0.6 is 0 Å². The SMILES string of the molecule is C=CCCCCC(=O)C(C)(C)C(=O)OC(=O)OC. The van der Waals surface area contributed by atoms with Gasteiger partial charge in [-0.15, -0.1) is 6.58 Å². The minimum Gasteiger partial charge on any atom is -0.437 e. The third-order valence-corrected chi connectivity index (χ3v) is 2.61. The van der Waals surface area contributed by atoms with Crippen LogP contribution in [0.15, 0.2) is 12.7 Å². The van der Waals surface area contributed by atoms with Crippen LogP contribution in [0.5, 0.6) is 0 Å². The molecule has 5 heteroatoms. The number of hydrogen-bond acceptors (Lipinski definition) is 5. The largest absolute Gasteiger partial charge is 0.515 e. The van der Waals surface area contributed by atoms with E-state index in [0.717, 1.165) is 20.0 Å². The molecule has 102 valence electrons. The molecular formula is C13H20O5. The highest BCUT2D eigenvalue weighted by molar-refractivity contribution is 6.05. The van der Waals surface area contributed by atoms with E-state index in [-0.39, 0.29) is 12.2 Å². The van der Waals surface area contributed by atoms with Crippen molar-refractivity contribution >= 4 is 17.9 Å². The Morgan fingerprint density at radius 3 is 2.33 bits per heavy atom. The maximum atomic E-state index is 11.9. The first-order valence-electron chi connectivity index (χ1n) is 5.80. The van der Waals surface area contributed by atoms with E-state index < -0.39 is 17.5 Å². The first kappa shape index (κ1) is 16.4. The Morgan fingerprint density at radius 2 is 1.83 bits per heavy atom. The molecule has 0 bridgehead atoms. The first-order chi connectivity index (χ1) is 8.36. The standard InChI is InChI=1S/C13H20O5/c1-5-6-7-8-9-10(14)13(2,3)11(15)18-12(16)17-4/h5H,1,6-9H2,2-4H3. The molecule has 0 fully saturated rings. The summed E-state index contributed by atoms with van der Waals surface area (Å²) in [6.45, 7) is 6.46. The lowest BCUT2D eigenvalue weighted by Gasteiger charge is -2.19. The van der Waals surface area contributed by atoms with Gasteiger partial charge in [0.2, 0.25) is 0 Å². The number of methoxy groups -OCH3 is 1. The van der Waals surface area contributed by atoms with Crippen LogP contribution in [0.1, 0.15) is 39.5 Å². The van der Waals surface area contributed by atoms with Crippen LogP contribution in [-0.4, -0.2) is 25.0 Å². The van der Waals surface area contributed by atoms with Gasteiger partial charge in [0.05, 0.1) is 7.11 Å². The average Bonchev–Trinajstić information content (AvgIpc) is 2.33. The quantitative estimate of drug-likeness (QED) is 0.303. The monoisotopic (exact) mass is 256 g/mol. The smallest absolute Gasteiger partial charge is 0.437 e. The van der Waals surface area contributed by atoms with E-state index in [1.54, 1.807) is 6.08 Å². The van der Waals surface area contributed by atoms with Gasteiger partial charge in [0.1, 0.15) is 11.2 Å². The molecule has 0 aromatic carbocycles. The zero-order valence-corrected chi connectivity index (χ0v) is 11.2. The van der Waals surface area contributed by atoms with E-state index in [4.69, 9.17) is 0 Å². The van der Waals surface area contributed by atoms with Crippen LogP contribution in [0.2, 0.25) is 0 Å². The van der Waals surface area contributed by atoms with Gasteiger partial charge in [0.25, 0.3) is 0 Å². The van der Waals surface area contributed by atoms with Gasteiger partial charge in [-0.2, -0.15) is 0 Å². The number of ketones is 1. The fourth-order valence-electron chi connectivity index (χ4n) is 1.25. The summed E-state index contributed by atoms with van der Waals surface area (Å²) in [5.74, 6) is -1.14. The Balaban J connectivity index is 4.32. The Morgan fingerprint density at radius 1 is 1.22 bits per heavy atom. The number of allylic oxidation sites excluding steroid dienone is 1. The van der Waals surface area contributed by atoms with Crippen LogP contribution < -0.4 is 0 Å². The summed E-state index contributed by atoms with van der Waals surface area (Å²) >= 11 is 0. The molecule has 0 aromatic heterocycles. The molecule has 0 atom stereocenters. The van der Waals surface area contributed by atoms with Gasteiger partial charge in [0, 0.05) is 6.42 Å². The molecule has 0 saturated carbocycles. The number of Topliss-reactive ketones (excluding diaryl/α,β-unsaturated/α-hetero) is 1. The summed E-state index contributed by atoms with van der Waals surface area (Å²) in [4.78, 5) is 34.3. The maximum Gasteiger partial charge on any atom is 0.515 e. The molecular weight excluding hydrogens is 236 g/mol. The van der Waals surface area contributed by atoms with Crippen LogP contribution in [0.3, 0.4) is 0 Å². The molecule has 5 nitrogen and oxygen atoms in total. The van der Waals surface area contributed by atoms with Gasteiger partial charge in [-0.05, 0) is 33.1 Å². The third-order valence-electron chi connectivity index (χ3n) is 2.61. The Hall–Kier alpha value is -1.65. The second-order valence-corrected chi connectivity index (χ2v) is 4.43. The van der Waals surface area contributed by atoms with Gasteiger partial charge in [0.15, 0.2) is 0 Å². The molecule has 0 spiro atoms. The van der Waals surface area contributed by atoms with E-state index in [2.05, 4.69) is 16.1 Å². The topological polar surface area (TPSA) is 69.7 Å². The minimum absolute atomic E-state index is 0.250. The zero-order chi connectivity index (χ0) is 14.2. The number of carbonyl (C=O) groups excluding carboxylic acids is 3. The summed E-state index contributed by atoms with van der Waals surface area (Å²) in [7, 11) is 1.10. The number of unbranched alkanes of at least 4 members (excludes halogenated alkanes) is 2. The van der Waals surface area contributed by atoms with Crippen LogP contribution in [0.25, 0.3) is 0 Å². The molecule has 0 saturated heterocycles. The lowest BCUT2D eigenvalue weighted by Crippen LogP contribution is -2.36. The molecule has 0 heterocycles. The van der Waals surface area contributed by atoms with E-state index >= 15 is 0 Å². The molecule has 18 heavy (non-hydrogen) atoms. The summed E-state index contributed by atoms with van der Waals surface area (Å²) < 4.78 is 8.58. The van der Waals surface area contributed by atoms with E-state index in [0.29, 0.717) is 6.42 Å². The van der Waals surface area contributed by atoms with Crippen LogP contribution in [0, 0.1) is 5.41 Å². The number of esters is 1. The van der Waals surface area contributed by atoms with Gasteiger partial charge >= 0.3 is 12.1 Å². The number of carbonyl (C=O) groups is 3. The second kappa shape index (κ2) is 7.63. The zero-order valence-electron chi connectivity index (χ0n) is 11.2. The van der Waals surface area contributed by atoms with Crippen molar-refractivity contribution in [2.24, 2.45) is 5.41 Å². The van der Waals surface area contributed by atoms with Crippen molar-refractivity contribution in [2.45, 2.75) is 39.5 Å². The predicted molar refractivity (Wildman–Crippen MR) is 66.0 cm³/mol. The molecule has 0 aliphatic heterocycles. The molecule has 0 radical (unpaired) electrons. The van der Waals surface area contributed by atoms with Gasteiger partial charge in [-0.25, -0.2) is 4.79 Å². The Labute approximate surface area is 107 Å². The van der Waals surface area contributed by atoms with Gasteiger partial charge < -0.3 is 9.47 Å². The maximum absolute atomic E-state index is 11.9. The Bertz CT molecular complexity index is 330. The van der Waals surface area contributed by atoms with E-state index in [1.807, 2.05) is 0 Å².